The van der Waals surface area contributed by atoms with Crippen LogP contribution in [0.5, 0.6) is 0 Å². The van der Waals surface area contributed by atoms with Crippen LogP contribution in [0.2, 0.25) is 0 Å². The van der Waals surface area contributed by atoms with Crippen LogP contribution in [0, 0.1) is 0 Å². The molecule has 1 aliphatic rings. The van der Waals surface area contributed by atoms with E-state index in [9.17, 15) is 4.79 Å². The van der Waals surface area contributed by atoms with Gasteiger partial charge in [-0.25, -0.2) is 0 Å². The summed E-state index contributed by atoms with van der Waals surface area (Å²) in [5, 5.41) is 5.09. The van der Waals surface area contributed by atoms with E-state index in [2.05, 4.69) is 18.3 Å². The van der Waals surface area contributed by atoms with Gasteiger partial charge in [-0.1, -0.05) is 13.0 Å². The molecule has 19 heavy (non-hydrogen) atoms. The Morgan fingerprint density at radius 1 is 1.63 bits per heavy atom. The molecule has 0 spiro atoms. The van der Waals surface area contributed by atoms with Crippen LogP contribution in [-0.2, 0) is 9.53 Å². The molecule has 1 aliphatic heterocycles. The topological polar surface area (TPSA) is 64.4 Å². The van der Waals surface area contributed by atoms with Crippen LogP contribution in [0.1, 0.15) is 37.1 Å². The molecule has 108 valence electrons. The summed E-state index contributed by atoms with van der Waals surface area (Å²) >= 11 is 1.67. The van der Waals surface area contributed by atoms with Gasteiger partial charge >= 0.3 is 0 Å². The molecule has 0 radical (unpaired) electrons. The molecule has 2 rings (SSSR count). The zero-order chi connectivity index (χ0) is 13.0. The number of hydrogen-bond donors (Lipinski definition) is 2. The summed E-state index contributed by atoms with van der Waals surface area (Å²) in [6.07, 6.45) is 2.26. The Kier molecular flexibility index (Phi) is 6.79. The molecule has 4 nitrogen and oxygen atoms in total. The fraction of sp³-hybridized carbons (Fsp3) is 0.615. The minimum atomic E-state index is -0.326. The largest absolute Gasteiger partial charge is 0.364 e. The summed E-state index contributed by atoms with van der Waals surface area (Å²) in [6.45, 7) is 2.56. The van der Waals surface area contributed by atoms with Crippen molar-refractivity contribution in [3.05, 3.63) is 22.4 Å². The highest BCUT2D eigenvalue weighted by atomic mass is 35.5. The summed E-state index contributed by atoms with van der Waals surface area (Å²) in [6, 6.07) is 4.15. The summed E-state index contributed by atoms with van der Waals surface area (Å²) < 4.78 is 5.60. The average Bonchev–Trinajstić information content (AvgIpc) is 3.05. The van der Waals surface area contributed by atoms with E-state index in [0.717, 1.165) is 19.3 Å². The third kappa shape index (κ3) is 4.18. The SMILES string of the molecule is CCC(NC(=O)[C@@H]1CC[C@H](CN)O1)c1cccs1.Cl. The molecule has 1 saturated heterocycles. The van der Waals surface area contributed by atoms with Gasteiger partial charge in [0.05, 0.1) is 12.1 Å². The molecule has 0 aliphatic carbocycles. The van der Waals surface area contributed by atoms with Crippen LogP contribution in [0.25, 0.3) is 0 Å². The first-order valence-electron chi connectivity index (χ1n) is 6.44. The van der Waals surface area contributed by atoms with Crippen molar-refractivity contribution in [3.63, 3.8) is 0 Å². The molecule has 3 N–H and O–H groups in total. The Balaban J connectivity index is 0.00000180. The summed E-state index contributed by atoms with van der Waals surface area (Å²) in [7, 11) is 0. The molecule has 0 aromatic carbocycles. The number of amides is 1. The van der Waals surface area contributed by atoms with Gasteiger partial charge in [-0.05, 0) is 30.7 Å². The Morgan fingerprint density at radius 3 is 2.95 bits per heavy atom. The van der Waals surface area contributed by atoms with Crippen molar-refractivity contribution < 1.29 is 9.53 Å². The maximum atomic E-state index is 12.1. The number of nitrogens with two attached hydrogens (primary N) is 1. The summed E-state index contributed by atoms with van der Waals surface area (Å²) in [5.41, 5.74) is 5.55. The maximum Gasteiger partial charge on any atom is 0.249 e. The molecule has 6 heteroatoms. The Morgan fingerprint density at radius 2 is 2.42 bits per heavy atom. The number of carbonyl (C=O) groups is 1. The number of carbonyl (C=O) groups excluding carboxylic acids is 1. The third-order valence-electron chi connectivity index (χ3n) is 3.27. The lowest BCUT2D eigenvalue weighted by atomic mass is 10.1. The van der Waals surface area contributed by atoms with E-state index in [-0.39, 0.29) is 36.6 Å². The molecule has 1 unspecified atom stereocenters. The number of hydrogen-bond acceptors (Lipinski definition) is 4. The number of thiophene rings is 1. The van der Waals surface area contributed by atoms with E-state index < -0.39 is 0 Å². The fourth-order valence-corrected chi connectivity index (χ4v) is 3.06. The van der Waals surface area contributed by atoms with Gasteiger partial charge in [-0.15, -0.1) is 23.7 Å². The Labute approximate surface area is 124 Å². The molecule has 1 aromatic heterocycles. The van der Waals surface area contributed by atoms with E-state index in [1.54, 1.807) is 11.3 Å². The van der Waals surface area contributed by atoms with Crippen LogP contribution in [0.4, 0.5) is 0 Å². The second kappa shape index (κ2) is 7.85. The second-order valence-electron chi connectivity index (χ2n) is 4.54. The number of rotatable bonds is 5. The maximum absolute atomic E-state index is 12.1. The Hall–Kier alpha value is -0.620. The predicted octanol–water partition coefficient (Wildman–Crippen LogP) is 2.24. The van der Waals surface area contributed by atoms with Crippen molar-refractivity contribution in [2.75, 3.05) is 6.54 Å². The predicted molar refractivity (Wildman–Crippen MR) is 79.7 cm³/mol. The highest BCUT2D eigenvalue weighted by Crippen LogP contribution is 2.24. The van der Waals surface area contributed by atoms with E-state index in [1.165, 1.54) is 4.88 Å². The molecule has 1 fully saturated rings. The van der Waals surface area contributed by atoms with Crippen molar-refractivity contribution in [2.24, 2.45) is 5.73 Å². The number of halogens is 1. The van der Waals surface area contributed by atoms with Crippen LogP contribution >= 0.6 is 23.7 Å². The lowest BCUT2D eigenvalue weighted by molar-refractivity contribution is -0.132. The van der Waals surface area contributed by atoms with Crippen molar-refractivity contribution >= 4 is 29.7 Å². The molecule has 2 heterocycles. The van der Waals surface area contributed by atoms with E-state index in [1.807, 2.05) is 11.4 Å². The van der Waals surface area contributed by atoms with Crippen LogP contribution in [-0.4, -0.2) is 24.7 Å². The van der Waals surface area contributed by atoms with Gasteiger partial charge in [-0.3, -0.25) is 4.79 Å². The minimum absolute atomic E-state index is 0. The van der Waals surface area contributed by atoms with Crippen LogP contribution in [0.15, 0.2) is 17.5 Å². The molecule has 1 aromatic rings. The smallest absolute Gasteiger partial charge is 0.249 e. The quantitative estimate of drug-likeness (QED) is 0.877. The molecule has 0 saturated carbocycles. The van der Waals surface area contributed by atoms with E-state index in [4.69, 9.17) is 10.5 Å². The van der Waals surface area contributed by atoms with Crippen molar-refractivity contribution in [1.29, 1.82) is 0 Å². The van der Waals surface area contributed by atoms with Gasteiger partial charge in [0.25, 0.3) is 0 Å². The lowest BCUT2D eigenvalue weighted by Gasteiger charge is -2.18. The van der Waals surface area contributed by atoms with Crippen LogP contribution in [0.3, 0.4) is 0 Å². The van der Waals surface area contributed by atoms with Crippen molar-refractivity contribution in [3.8, 4) is 0 Å². The highest BCUT2D eigenvalue weighted by Gasteiger charge is 2.30. The molecule has 0 bridgehead atoms. The normalized spacial score (nSPS) is 23.7. The van der Waals surface area contributed by atoms with Gasteiger partial charge in [-0.2, -0.15) is 0 Å². The van der Waals surface area contributed by atoms with E-state index >= 15 is 0 Å². The standard InChI is InChI=1S/C13H20N2O2S.ClH/c1-2-10(12-4-3-7-18-12)15-13(16)11-6-5-9(8-14)17-11;/h3-4,7,9-11H,2,5-6,8,14H2,1H3,(H,15,16);1H/t9-,10?,11+;/m1./s1. The lowest BCUT2D eigenvalue weighted by Crippen LogP contribution is -2.37. The molecule has 1 amide bonds. The monoisotopic (exact) mass is 304 g/mol. The van der Waals surface area contributed by atoms with Gasteiger partial charge in [0.2, 0.25) is 5.91 Å². The van der Waals surface area contributed by atoms with E-state index in [0.29, 0.717) is 6.54 Å². The zero-order valence-electron chi connectivity index (χ0n) is 11.0. The zero-order valence-corrected chi connectivity index (χ0v) is 12.6. The first-order chi connectivity index (χ1) is 8.74. The summed E-state index contributed by atoms with van der Waals surface area (Å²) in [5.74, 6) is -0.00815. The fourth-order valence-electron chi connectivity index (χ4n) is 2.20. The minimum Gasteiger partial charge on any atom is -0.364 e. The van der Waals surface area contributed by atoms with Crippen LogP contribution < -0.4 is 11.1 Å². The second-order valence-corrected chi connectivity index (χ2v) is 5.52. The van der Waals surface area contributed by atoms with Gasteiger partial charge in [0.15, 0.2) is 0 Å². The van der Waals surface area contributed by atoms with Crippen molar-refractivity contribution in [2.45, 2.75) is 44.4 Å². The Bertz CT molecular complexity index is 386. The number of nitrogens with one attached hydrogen (secondary N) is 1. The van der Waals surface area contributed by atoms with Gasteiger partial charge < -0.3 is 15.8 Å². The van der Waals surface area contributed by atoms with Crippen molar-refractivity contribution in [1.82, 2.24) is 5.32 Å². The summed E-state index contributed by atoms with van der Waals surface area (Å²) in [4.78, 5) is 13.3. The van der Waals surface area contributed by atoms with Gasteiger partial charge in [0, 0.05) is 11.4 Å². The molecular formula is C13H21ClN2O2S. The number of ether oxygens (including phenoxy) is 1. The van der Waals surface area contributed by atoms with Gasteiger partial charge in [0.1, 0.15) is 6.10 Å². The molecule has 3 atom stereocenters. The first-order valence-corrected chi connectivity index (χ1v) is 7.31. The first kappa shape index (κ1) is 16.4. The third-order valence-corrected chi connectivity index (χ3v) is 4.26. The molecular weight excluding hydrogens is 284 g/mol. The highest BCUT2D eigenvalue weighted by molar-refractivity contribution is 7.10. The average molecular weight is 305 g/mol.